The SMILES string of the molecule is CC(=O)Nc1ccc(C)cc1S(=O)(=O)N1CCC2(CC1)CC2c1noc(C)n1. The minimum absolute atomic E-state index is 0.0788. The predicted octanol–water partition coefficient (Wildman–Crippen LogP) is 2.60. The molecule has 9 heteroatoms. The Morgan fingerprint density at radius 2 is 2.00 bits per heavy atom. The van der Waals surface area contributed by atoms with Gasteiger partial charge in [-0.1, -0.05) is 11.2 Å². The number of carbonyl (C=O) groups is 1. The van der Waals surface area contributed by atoms with Gasteiger partial charge in [0.1, 0.15) is 4.90 Å². The molecule has 1 aromatic heterocycles. The van der Waals surface area contributed by atoms with Crippen LogP contribution in [0.2, 0.25) is 0 Å². The van der Waals surface area contributed by atoms with Crippen molar-refractivity contribution in [3.8, 4) is 0 Å². The number of aromatic nitrogens is 2. The normalized spacial score (nSPS) is 21.6. The Bertz CT molecular complexity index is 1020. The van der Waals surface area contributed by atoms with E-state index in [0.29, 0.717) is 24.7 Å². The van der Waals surface area contributed by atoms with Crippen LogP contribution in [0.15, 0.2) is 27.6 Å². The van der Waals surface area contributed by atoms with E-state index in [4.69, 9.17) is 4.52 Å². The lowest BCUT2D eigenvalue weighted by Gasteiger charge is -2.32. The van der Waals surface area contributed by atoms with Crippen molar-refractivity contribution in [2.24, 2.45) is 5.41 Å². The summed E-state index contributed by atoms with van der Waals surface area (Å²) >= 11 is 0. The summed E-state index contributed by atoms with van der Waals surface area (Å²) in [6.07, 6.45) is 2.51. The lowest BCUT2D eigenvalue weighted by atomic mass is 9.92. The first-order chi connectivity index (χ1) is 13.2. The molecule has 1 aromatic carbocycles. The van der Waals surface area contributed by atoms with E-state index in [2.05, 4.69) is 15.5 Å². The molecule has 1 aliphatic heterocycles. The van der Waals surface area contributed by atoms with Gasteiger partial charge in [-0.05, 0) is 49.3 Å². The molecule has 150 valence electrons. The Balaban J connectivity index is 1.52. The zero-order valence-corrected chi connectivity index (χ0v) is 17.0. The van der Waals surface area contributed by atoms with Gasteiger partial charge >= 0.3 is 0 Å². The third-order valence-corrected chi connectivity index (χ3v) is 7.77. The van der Waals surface area contributed by atoms with Gasteiger partial charge < -0.3 is 9.84 Å². The third kappa shape index (κ3) is 3.33. The molecule has 2 aromatic rings. The zero-order chi connectivity index (χ0) is 20.1. The van der Waals surface area contributed by atoms with E-state index in [1.54, 1.807) is 25.1 Å². The quantitative estimate of drug-likeness (QED) is 0.840. The minimum Gasteiger partial charge on any atom is -0.340 e. The molecule has 1 unspecified atom stereocenters. The number of nitrogens with one attached hydrogen (secondary N) is 1. The third-order valence-electron chi connectivity index (χ3n) is 5.83. The number of benzene rings is 1. The Morgan fingerprint density at radius 3 is 2.61 bits per heavy atom. The van der Waals surface area contributed by atoms with Crippen LogP contribution < -0.4 is 5.32 Å². The fourth-order valence-corrected chi connectivity index (χ4v) is 5.84. The highest BCUT2D eigenvalue weighted by Gasteiger charge is 2.58. The first kappa shape index (κ1) is 19.1. The standard InChI is InChI=1S/C19H24N4O4S/c1-12-4-5-16(20-13(2)24)17(10-12)28(25,26)23-8-6-19(7-9-23)11-15(19)18-21-14(3)27-22-18/h4-5,10,15H,6-9,11H2,1-3H3,(H,20,24). The van der Waals surface area contributed by atoms with Gasteiger partial charge in [0, 0.05) is 32.9 Å². The highest BCUT2D eigenvalue weighted by atomic mass is 32.2. The first-order valence-electron chi connectivity index (χ1n) is 9.40. The largest absolute Gasteiger partial charge is 0.340 e. The maximum absolute atomic E-state index is 13.3. The number of sulfonamides is 1. The van der Waals surface area contributed by atoms with E-state index >= 15 is 0 Å². The number of nitrogens with zero attached hydrogens (tertiary/aromatic N) is 3. The van der Waals surface area contributed by atoms with Crippen molar-refractivity contribution < 1.29 is 17.7 Å². The van der Waals surface area contributed by atoms with Gasteiger partial charge in [0.2, 0.25) is 21.8 Å². The van der Waals surface area contributed by atoms with Crippen molar-refractivity contribution in [2.45, 2.75) is 50.8 Å². The number of hydrogen-bond donors (Lipinski definition) is 1. The molecule has 1 saturated heterocycles. The maximum atomic E-state index is 13.3. The fraction of sp³-hybridized carbons (Fsp3) is 0.526. The smallest absolute Gasteiger partial charge is 0.245 e. The van der Waals surface area contributed by atoms with Gasteiger partial charge in [0.25, 0.3) is 0 Å². The Labute approximate surface area is 164 Å². The van der Waals surface area contributed by atoms with Gasteiger partial charge in [-0.25, -0.2) is 8.42 Å². The molecule has 1 atom stereocenters. The molecule has 1 saturated carbocycles. The van der Waals surface area contributed by atoms with Crippen LogP contribution in [-0.2, 0) is 14.8 Å². The van der Waals surface area contributed by atoms with Gasteiger partial charge in [-0.15, -0.1) is 0 Å². The van der Waals surface area contributed by atoms with Gasteiger partial charge in [-0.3, -0.25) is 4.79 Å². The van der Waals surface area contributed by atoms with Crippen LogP contribution in [-0.4, -0.2) is 41.9 Å². The average Bonchev–Trinajstić information content (AvgIpc) is 3.14. The molecule has 28 heavy (non-hydrogen) atoms. The summed E-state index contributed by atoms with van der Waals surface area (Å²) in [7, 11) is -3.69. The molecule has 2 aliphatic rings. The maximum Gasteiger partial charge on any atom is 0.245 e. The highest BCUT2D eigenvalue weighted by molar-refractivity contribution is 7.89. The van der Waals surface area contributed by atoms with Crippen molar-refractivity contribution in [1.29, 1.82) is 0 Å². The second-order valence-corrected chi connectivity index (χ2v) is 9.78. The molecular weight excluding hydrogens is 380 g/mol. The van der Waals surface area contributed by atoms with E-state index in [0.717, 1.165) is 30.7 Å². The van der Waals surface area contributed by atoms with Gasteiger partial charge in [0.15, 0.2) is 5.82 Å². The summed E-state index contributed by atoms with van der Waals surface area (Å²) in [6.45, 7) is 5.87. The Morgan fingerprint density at radius 1 is 1.29 bits per heavy atom. The second-order valence-electron chi connectivity index (χ2n) is 7.88. The van der Waals surface area contributed by atoms with E-state index in [1.807, 2.05) is 6.92 Å². The number of carbonyl (C=O) groups excluding carboxylic acids is 1. The number of piperidine rings is 1. The number of aryl methyl sites for hydroxylation is 2. The molecule has 4 rings (SSSR count). The van der Waals surface area contributed by atoms with E-state index < -0.39 is 10.0 Å². The number of amides is 1. The molecular formula is C19H24N4O4S. The summed E-state index contributed by atoms with van der Waals surface area (Å²) in [5, 5.41) is 6.67. The summed E-state index contributed by atoms with van der Waals surface area (Å²) in [6, 6.07) is 5.05. The monoisotopic (exact) mass is 404 g/mol. The van der Waals surface area contributed by atoms with Gasteiger partial charge in [-0.2, -0.15) is 9.29 Å². The molecule has 1 aliphatic carbocycles. The molecule has 2 heterocycles. The topological polar surface area (TPSA) is 105 Å². The summed E-state index contributed by atoms with van der Waals surface area (Å²) in [5.74, 6) is 1.25. The average molecular weight is 404 g/mol. The predicted molar refractivity (Wildman–Crippen MR) is 102 cm³/mol. The van der Waals surface area contributed by atoms with E-state index in [-0.39, 0.29) is 22.1 Å². The van der Waals surface area contributed by atoms with Crippen molar-refractivity contribution >= 4 is 21.6 Å². The Kier molecular flexibility index (Phi) is 4.54. The van der Waals surface area contributed by atoms with Crippen LogP contribution in [0, 0.1) is 19.3 Å². The first-order valence-corrected chi connectivity index (χ1v) is 10.8. The molecule has 1 spiro atoms. The second kappa shape index (κ2) is 6.66. The number of rotatable bonds is 4. The van der Waals surface area contributed by atoms with Crippen molar-refractivity contribution in [3.63, 3.8) is 0 Å². The van der Waals surface area contributed by atoms with Crippen molar-refractivity contribution in [1.82, 2.24) is 14.4 Å². The van der Waals surface area contributed by atoms with Crippen LogP contribution in [0.1, 0.15) is 49.4 Å². The summed E-state index contributed by atoms with van der Waals surface area (Å²) < 4.78 is 33.1. The number of hydrogen-bond acceptors (Lipinski definition) is 6. The molecule has 0 radical (unpaired) electrons. The van der Waals surface area contributed by atoms with Crippen LogP contribution in [0.25, 0.3) is 0 Å². The lowest BCUT2D eigenvalue weighted by molar-refractivity contribution is -0.114. The fourth-order valence-electron chi connectivity index (χ4n) is 4.17. The van der Waals surface area contributed by atoms with Crippen LogP contribution in [0.5, 0.6) is 0 Å². The van der Waals surface area contributed by atoms with Crippen molar-refractivity contribution in [3.05, 3.63) is 35.5 Å². The molecule has 8 nitrogen and oxygen atoms in total. The van der Waals surface area contributed by atoms with Crippen LogP contribution >= 0.6 is 0 Å². The van der Waals surface area contributed by atoms with E-state index in [9.17, 15) is 13.2 Å². The van der Waals surface area contributed by atoms with Crippen LogP contribution in [0.3, 0.4) is 0 Å². The van der Waals surface area contributed by atoms with Gasteiger partial charge in [0.05, 0.1) is 5.69 Å². The summed E-state index contributed by atoms with van der Waals surface area (Å²) in [4.78, 5) is 16.0. The minimum atomic E-state index is -3.69. The zero-order valence-electron chi connectivity index (χ0n) is 16.2. The Hall–Kier alpha value is -2.26. The van der Waals surface area contributed by atoms with E-state index in [1.165, 1.54) is 11.2 Å². The molecule has 1 amide bonds. The lowest BCUT2D eigenvalue weighted by Crippen LogP contribution is -2.39. The molecule has 1 N–H and O–H groups in total. The summed E-state index contributed by atoms with van der Waals surface area (Å²) in [5.41, 5.74) is 1.23. The molecule has 2 fully saturated rings. The van der Waals surface area contributed by atoms with Crippen molar-refractivity contribution in [2.75, 3.05) is 18.4 Å². The molecule has 0 bridgehead atoms. The number of anilines is 1. The highest BCUT2D eigenvalue weighted by Crippen LogP contribution is 2.64. The van der Waals surface area contributed by atoms with Crippen LogP contribution in [0.4, 0.5) is 5.69 Å².